The number of halogens is 2. The average Bonchev–Trinajstić information content (AvgIpc) is 2.63. The molecular formula is C11H13BrFN3O. The number of alkyl halides is 1. The van der Waals surface area contributed by atoms with Gasteiger partial charge in [0.15, 0.2) is 0 Å². The number of rotatable bonds is 2. The minimum absolute atomic E-state index is 0.221. The van der Waals surface area contributed by atoms with Crippen LogP contribution in [0.5, 0.6) is 0 Å². The molecule has 2 heterocycles. The number of anilines is 1. The largest absolute Gasteiger partial charge is 0.309 e. The van der Waals surface area contributed by atoms with Gasteiger partial charge in [-0.1, -0.05) is 0 Å². The Balaban J connectivity index is 2.03. The molecule has 2 unspecified atom stereocenters. The molecule has 2 rings (SSSR count). The molecule has 92 valence electrons. The fraction of sp³-hybridized carbons (Fsp3) is 0.455. The van der Waals surface area contributed by atoms with Crippen LogP contribution in [0.25, 0.3) is 0 Å². The highest BCUT2D eigenvalue weighted by molar-refractivity contribution is 9.10. The molecule has 2 atom stereocenters. The SMILES string of the molecule is Cc1cc(Br)nc(NC(=O)C2CC(F)CN2)c1. The van der Waals surface area contributed by atoms with E-state index < -0.39 is 12.2 Å². The van der Waals surface area contributed by atoms with Crippen molar-refractivity contribution in [1.82, 2.24) is 10.3 Å². The highest BCUT2D eigenvalue weighted by Crippen LogP contribution is 2.16. The van der Waals surface area contributed by atoms with Crippen molar-refractivity contribution in [3.8, 4) is 0 Å². The molecule has 1 fully saturated rings. The predicted octanol–water partition coefficient (Wildman–Crippen LogP) is 1.79. The van der Waals surface area contributed by atoms with E-state index in [0.717, 1.165) is 5.56 Å². The predicted molar refractivity (Wildman–Crippen MR) is 66.6 cm³/mol. The zero-order chi connectivity index (χ0) is 12.4. The first-order chi connectivity index (χ1) is 8.04. The van der Waals surface area contributed by atoms with Crippen LogP contribution < -0.4 is 10.6 Å². The van der Waals surface area contributed by atoms with Gasteiger partial charge in [-0.05, 0) is 40.5 Å². The van der Waals surface area contributed by atoms with E-state index >= 15 is 0 Å². The van der Waals surface area contributed by atoms with Crippen LogP contribution in [-0.4, -0.2) is 29.6 Å². The fourth-order valence-electron chi connectivity index (χ4n) is 1.79. The molecule has 2 N–H and O–H groups in total. The van der Waals surface area contributed by atoms with Gasteiger partial charge in [0.2, 0.25) is 5.91 Å². The van der Waals surface area contributed by atoms with Crippen LogP contribution in [0.3, 0.4) is 0 Å². The Kier molecular flexibility index (Phi) is 3.73. The summed E-state index contributed by atoms with van der Waals surface area (Å²) in [4.78, 5) is 15.9. The van der Waals surface area contributed by atoms with Crippen molar-refractivity contribution in [3.63, 3.8) is 0 Å². The second-order valence-electron chi connectivity index (χ2n) is 4.14. The van der Waals surface area contributed by atoms with Crippen LogP contribution in [0.2, 0.25) is 0 Å². The first kappa shape index (κ1) is 12.4. The third-order valence-corrected chi connectivity index (χ3v) is 2.99. The molecule has 0 bridgehead atoms. The number of pyridine rings is 1. The number of amides is 1. The second-order valence-corrected chi connectivity index (χ2v) is 4.95. The Bertz CT molecular complexity index is 420. The smallest absolute Gasteiger partial charge is 0.242 e. The Morgan fingerprint density at radius 3 is 3.00 bits per heavy atom. The van der Waals surface area contributed by atoms with Crippen molar-refractivity contribution in [2.24, 2.45) is 0 Å². The monoisotopic (exact) mass is 301 g/mol. The lowest BCUT2D eigenvalue weighted by atomic mass is 10.2. The number of carbonyl (C=O) groups excluding carboxylic acids is 1. The molecule has 1 aliphatic heterocycles. The third kappa shape index (κ3) is 3.23. The van der Waals surface area contributed by atoms with Crippen LogP contribution in [-0.2, 0) is 4.79 Å². The first-order valence-corrected chi connectivity index (χ1v) is 6.16. The van der Waals surface area contributed by atoms with Gasteiger partial charge in [-0.3, -0.25) is 4.79 Å². The van der Waals surface area contributed by atoms with E-state index in [4.69, 9.17) is 0 Å². The van der Waals surface area contributed by atoms with Crippen LogP contribution >= 0.6 is 15.9 Å². The standard InChI is InChI=1S/C11H13BrFN3O/c1-6-2-9(12)15-10(3-6)16-11(17)8-4-7(13)5-14-8/h2-3,7-8,14H,4-5H2,1H3,(H,15,16,17). The maximum Gasteiger partial charge on any atom is 0.242 e. The van der Waals surface area contributed by atoms with E-state index in [1.54, 1.807) is 6.07 Å². The molecule has 1 aromatic heterocycles. The van der Waals surface area contributed by atoms with Crippen LogP contribution in [0.15, 0.2) is 16.7 Å². The summed E-state index contributed by atoms with van der Waals surface area (Å²) in [5, 5.41) is 5.51. The average molecular weight is 302 g/mol. The molecule has 6 heteroatoms. The van der Waals surface area contributed by atoms with Gasteiger partial charge in [-0.15, -0.1) is 0 Å². The summed E-state index contributed by atoms with van der Waals surface area (Å²) < 4.78 is 13.6. The molecule has 0 spiro atoms. The number of nitrogens with zero attached hydrogens (tertiary/aromatic N) is 1. The van der Waals surface area contributed by atoms with Crippen LogP contribution in [0.4, 0.5) is 10.2 Å². The number of aromatic nitrogens is 1. The minimum atomic E-state index is -0.942. The third-order valence-electron chi connectivity index (χ3n) is 2.58. The Morgan fingerprint density at radius 1 is 1.65 bits per heavy atom. The maximum atomic E-state index is 12.9. The van der Waals surface area contributed by atoms with Gasteiger partial charge in [0, 0.05) is 13.0 Å². The van der Waals surface area contributed by atoms with E-state index in [-0.39, 0.29) is 18.9 Å². The number of nitrogens with one attached hydrogen (secondary N) is 2. The lowest BCUT2D eigenvalue weighted by molar-refractivity contribution is -0.117. The summed E-state index contributed by atoms with van der Waals surface area (Å²) in [6, 6.07) is 3.15. The number of aryl methyl sites for hydroxylation is 1. The number of carbonyl (C=O) groups is 1. The van der Waals surface area contributed by atoms with E-state index in [9.17, 15) is 9.18 Å². The normalized spacial score (nSPS) is 23.7. The van der Waals surface area contributed by atoms with Crippen molar-refractivity contribution < 1.29 is 9.18 Å². The fourth-order valence-corrected chi connectivity index (χ4v) is 2.35. The van der Waals surface area contributed by atoms with Crippen molar-refractivity contribution >= 4 is 27.7 Å². The molecule has 0 aromatic carbocycles. The zero-order valence-corrected chi connectivity index (χ0v) is 10.9. The Labute approximate surface area is 107 Å². The van der Waals surface area contributed by atoms with E-state index in [1.807, 2.05) is 13.0 Å². The van der Waals surface area contributed by atoms with E-state index in [1.165, 1.54) is 0 Å². The van der Waals surface area contributed by atoms with E-state index in [2.05, 4.69) is 31.5 Å². The molecule has 0 saturated carbocycles. The molecule has 0 radical (unpaired) electrons. The highest BCUT2D eigenvalue weighted by atomic mass is 79.9. The van der Waals surface area contributed by atoms with Gasteiger partial charge in [0.25, 0.3) is 0 Å². The topological polar surface area (TPSA) is 54.0 Å². The highest BCUT2D eigenvalue weighted by Gasteiger charge is 2.29. The van der Waals surface area contributed by atoms with E-state index in [0.29, 0.717) is 10.4 Å². The molecule has 0 aliphatic carbocycles. The molecule has 1 aliphatic rings. The van der Waals surface area contributed by atoms with Crippen molar-refractivity contribution in [1.29, 1.82) is 0 Å². The molecule has 1 aromatic rings. The molecule has 4 nitrogen and oxygen atoms in total. The molecular weight excluding hydrogens is 289 g/mol. The van der Waals surface area contributed by atoms with Gasteiger partial charge in [-0.25, -0.2) is 9.37 Å². The summed E-state index contributed by atoms with van der Waals surface area (Å²) in [5.41, 5.74) is 0.991. The zero-order valence-electron chi connectivity index (χ0n) is 9.34. The summed E-state index contributed by atoms with van der Waals surface area (Å²) in [6.07, 6.45) is -0.721. The summed E-state index contributed by atoms with van der Waals surface area (Å²) >= 11 is 3.26. The van der Waals surface area contributed by atoms with Crippen LogP contribution in [0, 0.1) is 6.92 Å². The maximum absolute atomic E-state index is 12.9. The molecule has 17 heavy (non-hydrogen) atoms. The lowest BCUT2D eigenvalue weighted by Gasteiger charge is -2.10. The van der Waals surface area contributed by atoms with Gasteiger partial charge < -0.3 is 10.6 Å². The van der Waals surface area contributed by atoms with Gasteiger partial charge in [-0.2, -0.15) is 0 Å². The lowest BCUT2D eigenvalue weighted by Crippen LogP contribution is -2.35. The Hall–Kier alpha value is -1.01. The van der Waals surface area contributed by atoms with Gasteiger partial charge >= 0.3 is 0 Å². The number of hydrogen-bond acceptors (Lipinski definition) is 3. The van der Waals surface area contributed by atoms with Crippen molar-refractivity contribution in [2.75, 3.05) is 11.9 Å². The Morgan fingerprint density at radius 2 is 2.41 bits per heavy atom. The summed E-state index contributed by atoms with van der Waals surface area (Å²) in [6.45, 7) is 2.15. The quantitative estimate of drug-likeness (QED) is 0.819. The van der Waals surface area contributed by atoms with Crippen LogP contribution in [0.1, 0.15) is 12.0 Å². The van der Waals surface area contributed by atoms with Gasteiger partial charge in [0.1, 0.15) is 16.6 Å². The first-order valence-electron chi connectivity index (χ1n) is 5.37. The van der Waals surface area contributed by atoms with Crippen molar-refractivity contribution in [2.45, 2.75) is 25.6 Å². The molecule has 1 saturated heterocycles. The van der Waals surface area contributed by atoms with Gasteiger partial charge in [0.05, 0.1) is 6.04 Å². The number of hydrogen-bond donors (Lipinski definition) is 2. The summed E-state index contributed by atoms with van der Waals surface area (Å²) in [5.74, 6) is 0.237. The molecule has 1 amide bonds. The minimum Gasteiger partial charge on any atom is -0.309 e. The summed E-state index contributed by atoms with van der Waals surface area (Å²) in [7, 11) is 0. The van der Waals surface area contributed by atoms with Crippen molar-refractivity contribution in [3.05, 3.63) is 22.3 Å². The second kappa shape index (κ2) is 5.10.